The van der Waals surface area contributed by atoms with Crippen LogP contribution in [0.3, 0.4) is 0 Å². The summed E-state index contributed by atoms with van der Waals surface area (Å²) in [4.78, 5) is 24.5. The van der Waals surface area contributed by atoms with E-state index in [4.69, 9.17) is 16.3 Å². The lowest BCUT2D eigenvalue weighted by Gasteiger charge is -2.27. The van der Waals surface area contributed by atoms with E-state index in [1.165, 1.54) is 28.9 Å². The molecule has 1 aromatic heterocycles. The predicted octanol–water partition coefficient (Wildman–Crippen LogP) is 4.40. The monoisotopic (exact) mass is 503 g/mol. The largest absolute Gasteiger partial charge is 0.481 e. The summed E-state index contributed by atoms with van der Waals surface area (Å²) >= 11 is 6.22. The third-order valence-electron chi connectivity index (χ3n) is 5.68. The summed E-state index contributed by atoms with van der Waals surface area (Å²) in [5.74, 6) is -2.32. The third kappa shape index (κ3) is 6.58. The highest BCUT2D eigenvalue weighted by Gasteiger charge is 2.28. The molecule has 2 aromatic carbocycles. The van der Waals surface area contributed by atoms with Crippen molar-refractivity contribution in [3.63, 3.8) is 0 Å². The number of aliphatic carboxylic acids is 1. The molecular formula is C25H27ClFN3O5. The fraction of sp³-hybridized carbons (Fsp3) is 0.320. The number of rotatable bonds is 10. The number of nitrogens with zero attached hydrogens (tertiary/aromatic N) is 2. The van der Waals surface area contributed by atoms with Crippen molar-refractivity contribution in [2.45, 2.75) is 38.8 Å². The van der Waals surface area contributed by atoms with Gasteiger partial charge in [-0.2, -0.15) is 5.10 Å². The van der Waals surface area contributed by atoms with E-state index in [9.17, 15) is 24.2 Å². The SMILES string of the molecule is CC(C)[C@](C)(O)COc1cc(C(=O)N[C@@H](CC(=O)O)c2ccccc2Cl)nn1-c1cccc(F)c1. The molecule has 0 saturated carbocycles. The van der Waals surface area contributed by atoms with Crippen molar-refractivity contribution in [1.29, 1.82) is 0 Å². The van der Waals surface area contributed by atoms with E-state index >= 15 is 0 Å². The molecular weight excluding hydrogens is 477 g/mol. The van der Waals surface area contributed by atoms with Gasteiger partial charge in [0.2, 0.25) is 5.88 Å². The van der Waals surface area contributed by atoms with Crippen LogP contribution in [0.4, 0.5) is 4.39 Å². The van der Waals surface area contributed by atoms with Gasteiger partial charge < -0.3 is 20.3 Å². The van der Waals surface area contributed by atoms with Crippen LogP contribution in [0.2, 0.25) is 5.02 Å². The van der Waals surface area contributed by atoms with Crippen molar-refractivity contribution in [3.8, 4) is 11.6 Å². The molecule has 3 aromatic rings. The van der Waals surface area contributed by atoms with Gasteiger partial charge >= 0.3 is 5.97 Å². The van der Waals surface area contributed by atoms with Crippen LogP contribution >= 0.6 is 11.6 Å². The van der Waals surface area contributed by atoms with Gasteiger partial charge in [0.05, 0.1) is 23.8 Å². The maximum atomic E-state index is 13.9. The first-order valence-corrected chi connectivity index (χ1v) is 11.3. The number of amides is 1. The smallest absolute Gasteiger partial charge is 0.305 e. The number of carbonyl (C=O) groups is 2. The molecule has 3 N–H and O–H groups in total. The topological polar surface area (TPSA) is 114 Å². The van der Waals surface area contributed by atoms with E-state index in [0.717, 1.165) is 0 Å². The van der Waals surface area contributed by atoms with Crippen LogP contribution < -0.4 is 10.1 Å². The van der Waals surface area contributed by atoms with Gasteiger partial charge in [-0.05, 0) is 42.7 Å². The van der Waals surface area contributed by atoms with E-state index in [1.54, 1.807) is 37.3 Å². The molecule has 0 spiro atoms. The lowest BCUT2D eigenvalue weighted by molar-refractivity contribution is -0.137. The third-order valence-corrected chi connectivity index (χ3v) is 6.03. The Kier molecular flexibility index (Phi) is 8.14. The highest BCUT2D eigenvalue weighted by molar-refractivity contribution is 6.31. The highest BCUT2D eigenvalue weighted by atomic mass is 35.5. The molecule has 0 unspecified atom stereocenters. The second-order valence-electron chi connectivity index (χ2n) is 8.71. The number of aromatic nitrogens is 2. The van der Waals surface area contributed by atoms with Crippen LogP contribution in [0.25, 0.3) is 5.69 Å². The van der Waals surface area contributed by atoms with Crippen molar-refractivity contribution in [2.75, 3.05) is 6.61 Å². The first kappa shape index (κ1) is 26.2. The Bertz CT molecular complexity index is 1210. The van der Waals surface area contributed by atoms with Crippen molar-refractivity contribution in [3.05, 3.63) is 76.7 Å². The maximum Gasteiger partial charge on any atom is 0.305 e. The van der Waals surface area contributed by atoms with Crippen LogP contribution in [0.15, 0.2) is 54.6 Å². The average Bonchev–Trinajstić information content (AvgIpc) is 3.22. The van der Waals surface area contributed by atoms with Crippen LogP contribution in [-0.2, 0) is 4.79 Å². The van der Waals surface area contributed by atoms with Crippen molar-refractivity contribution in [2.24, 2.45) is 5.92 Å². The van der Waals surface area contributed by atoms with Gasteiger partial charge in [-0.1, -0.05) is 49.7 Å². The Hall–Kier alpha value is -3.43. The number of aliphatic hydroxyl groups is 1. The number of carboxylic acid groups (broad SMARTS) is 1. The molecule has 2 atom stereocenters. The zero-order valence-corrected chi connectivity index (χ0v) is 20.3. The van der Waals surface area contributed by atoms with E-state index in [1.807, 2.05) is 13.8 Å². The number of hydrogen-bond acceptors (Lipinski definition) is 5. The molecule has 0 aliphatic rings. The summed E-state index contributed by atoms with van der Waals surface area (Å²) in [6.07, 6.45) is -0.402. The van der Waals surface area contributed by atoms with Crippen LogP contribution in [0.1, 0.15) is 49.3 Å². The molecule has 1 amide bonds. The summed E-state index contributed by atoms with van der Waals surface area (Å²) in [5.41, 5.74) is -0.512. The zero-order valence-electron chi connectivity index (χ0n) is 19.5. The Labute approximate surface area is 207 Å². The van der Waals surface area contributed by atoms with Crippen molar-refractivity contribution < 1.29 is 28.9 Å². The quantitative estimate of drug-likeness (QED) is 0.378. The number of ether oxygens (including phenoxy) is 1. The first-order chi connectivity index (χ1) is 16.5. The molecule has 0 fully saturated rings. The Balaban J connectivity index is 1.94. The molecule has 3 rings (SSSR count). The lowest BCUT2D eigenvalue weighted by Crippen LogP contribution is -2.38. The fourth-order valence-electron chi connectivity index (χ4n) is 3.16. The molecule has 0 saturated heterocycles. The van der Waals surface area contributed by atoms with Gasteiger partial charge in [0.25, 0.3) is 5.91 Å². The molecule has 0 aliphatic heterocycles. The van der Waals surface area contributed by atoms with Crippen molar-refractivity contribution >= 4 is 23.5 Å². The number of halogens is 2. The number of benzene rings is 2. The van der Waals surface area contributed by atoms with Crippen LogP contribution in [-0.4, -0.2) is 44.1 Å². The second-order valence-corrected chi connectivity index (χ2v) is 9.11. The van der Waals surface area contributed by atoms with Gasteiger partial charge in [-0.15, -0.1) is 0 Å². The van der Waals surface area contributed by atoms with Crippen LogP contribution in [0, 0.1) is 11.7 Å². The standard InChI is InChI=1S/C25H27ClFN3O5/c1-15(2)25(3,34)14-35-22-12-21(29-30(22)17-8-6-7-16(27)11-17)24(33)28-20(13-23(31)32)18-9-4-5-10-19(18)26/h4-12,15,20,34H,13-14H2,1-3H3,(H,28,33)(H,31,32)/t20-,25+/m0/s1. The van der Waals surface area contributed by atoms with Gasteiger partial charge in [0.15, 0.2) is 5.69 Å². The van der Waals surface area contributed by atoms with Gasteiger partial charge in [-0.3, -0.25) is 9.59 Å². The molecule has 186 valence electrons. The minimum absolute atomic E-state index is 0.0871. The normalized spacial score (nSPS) is 13.8. The Morgan fingerprint density at radius 1 is 1.20 bits per heavy atom. The number of nitrogens with one attached hydrogen (secondary N) is 1. The van der Waals surface area contributed by atoms with Crippen molar-refractivity contribution in [1.82, 2.24) is 15.1 Å². The van der Waals surface area contributed by atoms with Gasteiger partial charge in [-0.25, -0.2) is 9.07 Å². The van der Waals surface area contributed by atoms with Crippen LogP contribution in [0.5, 0.6) is 5.88 Å². The number of carbonyl (C=O) groups excluding carboxylic acids is 1. The fourth-order valence-corrected chi connectivity index (χ4v) is 3.43. The second kappa shape index (κ2) is 10.9. The average molecular weight is 504 g/mol. The first-order valence-electron chi connectivity index (χ1n) is 11.0. The lowest BCUT2D eigenvalue weighted by atomic mass is 9.94. The van der Waals surface area contributed by atoms with Gasteiger partial charge in [0.1, 0.15) is 12.4 Å². The summed E-state index contributed by atoms with van der Waals surface area (Å²) in [6.45, 7) is 5.19. The predicted molar refractivity (Wildman–Crippen MR) is 128 cm³/mol. The molecule has 0 aliphatic carbocycles. The highest BCUT2D eigenvalue weighted by Crippen LogP contribution is 2.27. The molecule has 0 bridgehead atoms. The molecule has 10 heteroatoms. The summed E-state index contributed by atoms with van der Waals surface area (Å²) in [6, 6.07) is 12.6. The van der Waals surface area contributed by atoms with E-state index < -0.39 is 35.8 Å². The summed E-state index contributed by atoms with van der Waals surface area (Å²) < 4.78 is 20.9. The zero-order chi connectivity index (χ0) is 25.8. The summed E-state index contributed by atoms with van der Waals surface area (Å²) in [7, 11) is 0. The van der Waals surface area contributed by atoms with E-state index in [-0.39, 0.29) is 24.1 Å². The minimum atomic E-state index is -1.17. The maximum absolute atomic E-state index is 13.9. The number of hydrogen-bond donors (Lipinski definition) is 3. The summed E-state index contributed by atoms with van der Waals surface area (Å²) in [5, 5.41) is 27.1. The Morgan fingerprint density at radius 3 is 2.54 bits per heavy atom. The molecule has 0 radical (unpaired) electrons. The van der Waals surface area contributed by atoms with Gasteiger partial charge in [0, 0.05) is 11.1 Å². The minimum Gasteiger partial charge on any atom is -0.481 e. The number of carboxylic acids is 1. The molecule has 8 nitrogen and oxygen atoms in total. The van der Waals surface area contributed by atoms with E-state index in [2.05, 4.69) is 10.4 Å². The van der Waals surface area contributed by atoms with E-state index in [0.29, 0.717) is 16.3 Å². The molecule has 1 heterocycles. The Morgan fingerprint density at radius 2 is 1.91 bits per heavy atom. The molecule has 35 heavy (non-hydrogen) atoms.